The van der Waals surface area contributed by atoms with Crippen molar-refractivity contribution in [3.63, 3.8) is 0 Å². The van der Waals surface area contributed by atoms with Crippen LogP contribution in [0.3, 0.4) is 0 Å². The average molecular weight is 505 g/mol. The van der Waals surface area contributed by atoms with Gasteiger partial charge in [-0.1, -0.05) is 65.0 Å². The van der Waals surface area contributed by atoms with Crippen molar-refractivity contribution in [3.8, 4) is 5.75 Å². The van der Waals surface area contributed by atoms with E-state index in [1.165, 1.54) is 0 Å². The Kier molecular flexibility index (Phi) is 12.6. The summed E-state index contributed by atoms with van der Waals surface area (Å²) in [5.41, 5.74) is 1.68. The van der Waals surface area contributed by atoms with Crippen LogP contribution < -0.4 is 4.74 Å². The second kappa shape index (κ2) is 14.1. The maximum atomic E-state index is 13.5. The monoisotopic (exact) mass is 504 g/mol. The quantitative estimate of drug-likeness (QED) is 0.176. The molecule has 0 spiro atoms. The SMILES string of the molecule is C/C=C\[C@H](C)/C=C(\C)C(=O)[C@@H](CO[Si](C)(C)C(C)(C)C)[C@@H](O)[C@H](C)COCc1ccc(OC)cc1. The van der Waals surface area contributed by atoms with Gasteiger partial charge in [-0.3, -0.25) is 4.79 Å². The van der Waals surface area contributed by atoms with Crippen LogP contribution in [0.2, 0.25) is 18.1 Å². The van der Waals surface area contributed by atoms with Gasteiger partial charge in [-0.2, -0.15) is 0 Å². The third kappa shape index (κ3) is 10.0. The highest BCUT2D eigenvalue weighted by Gasteiger charge is 2.40. The molecule has 198 valence electrons. The molecular formula is C29H48O5Si. The van der Waals surface area contributed by atoms with Crippen molar-refractivity contribution in [2.24, 2.45) is 17.8 Å². The van der Waals surface area contributed by atoms with Gasteiger partial charge in [0.15, 0.2) is 14.1 Å². The number of ether oxygens (including phenoxy) is 2. The van der Waals surface area contributed by atoms with Crippen molar-refractivity contribution >= 4 is 14.1 Å². The topological polar surface area (TPSA) is 65.0 Å². The Morgan fingerprint density at radius 2 is 1.71 bits per heavy atom. The Morgan fingerprint density at radius 1 is 1.11 bits per heavy atom. The Labute approximate surface area is 214 Å². The van der Waals surface area contributed by atoms with Crippen molar-refractivity contribution in [1.29, 1.82) is 0 Å². The summed E-state index contributed by atoms with van der Waals surface area (Å²) in [4.78, 5) is 13.5. The van der Waals surface area contributed by atoms with Crippen LogP contribution in [0.5, 0.6) is 5.75 Å². The maximum Gasteiger partial charge on any atom is 0.192 e. The molecule has 0 aliphatic carbocycles. The largest absolute Gasteiger partial charge is 0.497 e. The predicted molar refractivity (Wildman–Crippen MR) is 147 cm³/mol. The Hall–Kier alpha value is -1.73. The highest BCUT2D eigenvalue weighted by Crippen LogP contribution is 2.37. The van der Waals surface area contributed by atoms with Crippen LogP contribution in [0.15, 0.2) is 48.1 Å². The number of ketones is 1. The van der Waals surface area contributed by atoms with E-state index >= 15 is 0 Å². The fourth-order valence-electron chi connectivity index (χ4n) is 3.55. The number of carbonyl (C=O) groups is 1. The first kappa shape index (κ1) is 31.3. The highest BCUT2D eigenvalue weighted by molar-refractivity contribution is 6.74. The van der Waals surface area contributed by atoms with Gasteiger partial charge in [-0.15, -0.1) is 0 Å². The minimum atomic E-state index is -2.09. The molecule has 0 saturated heterocycles. The summed E-state index contributed by atoms with van der Waals surface area (Å²) in [5.74, 6) is 0.0133. The molecule has 0 fully saturated rings. The average Bonchev–Trinajstić information content (AvgIpc) is 2.78. The van der Waals surface area contributed by atoms with Crippen LogP contribution in [-0.2, 0) is 20.6 Å². The van der Waals surface area contributed by atoms with Gasteiger partial charge >= 0.3 is 0 Å². The van der Waals surface area contributed by atoms with Crippen molar-refractivity contribution in [3.05, 3.63) is 53.6 Å². The molecule has 0 aliphatic rings. The summed E-state index contributed by atoms with van der Waals surface area (Å²) >= 11 is 0. The zero-order valence-electron chi connectivity index (χ0n) is 23.6. The minimum absolute atomic E-state index is 0.0178. The molecule has 0 aliphatic heterocycles. The number of Topliss-reactive ketones (excluding diaryl/α,β-unsaturated/α-hetero) is 1. The zero-order valence-corrected chi connectivity index (χ0v) is 24.6. The molecule has 0 amide bonds. The van der Waals surface area contributed by atoms with Crippen LogP contribution in [-0.4, -0.2) is 45.6 Å². The third-order valence-corrected chi connectivity index (χ3v) is 11.5. The van der Waals surface area contributed by atoms with Crippen molar-refractivity contribution in [1.82, 2.24) is 0 Å². The number of methoxy groups -OCH3 is 1. The van der Waals surface area contributed by atoms with Crippen LogP contribution in [0, 0.1) is 17.8 Å². The van der Waals surface area contributed by atoms with Crippen LogP contribution >= 0.6 is 0 Å². The predicted octanol–water partition coefficient (Wildman–Crippen LogP) is 6.57. The highest BCUT2D eigenvalue weighted by atomic mass is 28.4. The van der Waals surface area contributed by atoms with E-state index in [0.29, 0.717) is 18.8 Å². The second-order valence-electron chi connectivity index (χ2n) is 11.1. The Morgan fingerprint density at radius 3 is 2.23 bits per heavy atom. The van der Waals surface area contributed by atoms with Crippen LogP contribution in [0.25, 0.3) is 0 Å². The fraction of sp³-hybridized carbons (Fsp3) is 0.621. The van der Waals surface area contributed by atoms with Gasteiger partial charge in [0.2, 0.25) is 0 Å². The van der Waals surface area contributed by atoms with E-state index in [1.807, 2.05) is 70.2 Å². The summed E-state index contributed by atoms with van der Waals surface area (Å²) in [6.07, 6.45) is 5.11. The van der Waals surface area contributed by atoms with Crippen molar-refractivity contribution in [2.45, 2.75) is 79.3 Å². The molecule has 4 atom stereocenters. The minimum Gasteiger partial charge on any atom is -0.497 e. The molecule has 0 bridgehead atoms. The van der Waals surface area contributed by atoms with E-state index < -0.39 is 20.3 Å². The van der Waals surface area contributed by atoms with Gasteiger partial charge in [-0.05, 0) is 61.2 Å². The van der Waals surface area contributed by atoms with Crippen molar-refractivity contribution in [2.75, 3.05) is 20.3 Å². The third-order valence-electron chi connectivity index (χ3n) is 6.97. The summed E-state index contributed by atoms with van der Waals surface area (Å²) < 4.78 is 17.5. The van der Waals surface area contributed by atoms with Crippen LogP contribution in [0.1, 0.15) is 54.0 Å². The number of rotatable bonds is 14. The smallest absolute Gasteiger partial charge is 0.192 e. The lowest BCUT2D eigenvalue weighted by Crippen LogP contribution is -2.46. The molecule has 35 heavy (non-hydrogen) atoms. The molecule has 0 radical (unpaired) electrons. The zero-order chi connectivity index (χ0) is 26.8. The maximum absolute atomic E-state index is 13.5. The van der Waals surface area contributed by atoms with Gasteiger partial charge in [0.05, 0.1) is 32.3 Å². The van der Waals surface area contributed by atoms with E-state index in [4.69, 9.17) is 13.9 Å². The summed E-state index contributed by atoms with van der Waals surface area (Å²) in [7, 11) is -0.448. The van der Waals surface area contributed by atoms with E-state index in [2.05, 4.69) is 33.9 Å². The number of carbonyl (C=O) groups excluding carboxylic acids is 1. The van der Waals surface area contributed by atoms with Crippen molar-refractivity contribution < 1.29 is 23.8 Å². The normalized spacial score (nSPS) is 16.7. The fourth-order valence-corrected chi connectivity index (χ4v) is 4.58. The number of hydrogen-bond acceptors (Lipinski definition) is 5. The van der Waals surface area contributed by atoms with Gasteiger partial charge < -0.3 is 19.0 Å². The van der Waals surface area contributed by atoms with Gasteiger partial charge in [0, 0.05) is 12.5 Å². The number of hydrogen-bond donors (Lipinski definition) is 1. The molecule has 1 aromatic carbocycles. The molecule has 1 N–H and O–H groups in total. The van der Waals surface area contributed by atoms with E-state index in [1.54, 1.807) is 7.11 Å². The molecule has 0 aromatic heterocycles. The van der Waals surface area contributed by atoms with E-state index in [9.17, 15) is 9.90 Å². The van der Waals surface area contributed by atoms with Gasteiger partial charge in [-0.25, -0.2) is 0 Å². The summed E-state index contributed by atoms with van der Waals surface area (Å²) in [5, 5.41) is 11.3. The molecule has 0 saturated carbocycles. The van der Waals surface area contributed by atoms with Gasteiger partial charge in [0.1, 0.15) is 5.75 Å². The lowest BCUT2D eigenvalue weighted by Gasteiger charge is -2.38. The standard InChI is InChI=1S/C29H48O5Si/c1-11-12-21(2)17-22(3)27(30)26(20-34-35(9,10)29(5,6)7)28(31)23(4)18-33-19-24-13-15-25(32-8)16-14-24/h11-17,21,23,26,28,31H,18-20H2,1-10H3/b12-11-,22-17+/t21-,23+,26+,28-/m0/s1. The lowest BCUT2D eigenvalue weighted by atomic mass is 9.86. The molecule has 6 heteroatoms. The number of aliphatic hydroxyl groups excluding tert-OH is 1. The number of benzene rings is 1. The Balaban J connectivity index is 2.96. The van der Waals surface area contributed by atoms with E-state index in [-0.39, 0.29) is 29.3 Å². The molecular weight excluding hydrogens is 456 g/mol. The number of aliphatic hydroxyl groups is 1. The molecule has 5 nitrogen and oxygen atoms in total. The van der Waals surface area contributed by atoms with Crippen LogP contribution in [0.4, 0.5) is 0 Å². The summed E-state index contributed by atoms with van der Waals surface area (Å²) in [6, 6.07) is 7.71. The first-order valence-corrected chi connectivity index (χ1v) is 15.5. The first-order valence-electron chi connectivity index (χ1n) is 12.6. The molecule has 0 heterocycles. The lowest BCUT2D eigenvalue weighted by molar-refractivity contribution is -0.126. The number of allylic oxidation sites excluding steroid dienone is 4. The van der Waals surface area contributed by atoms with Gasteiger partial charge in [0.25, 0.3) is 0 Å². The first-order chi connectivity index (χ1) is 16.2. The van der Waals surface area contributed by atoms with E-state index in [0.717, 1.165) is 11.3 Å². The molecule has 1 aromatic rings. The Bertz CT molecular complexity index is 836. The second-order valence-corrected chi connectivity index (χ2v) is 15.9. The summed E-state index contributed by atoms with van der Waals surface area (Å²) in [6.45, 7) is 19.6. The molecule has 0 unspecified atom stereocenters. The molecule has 1 rings (SSSR count).